The number of carbonyl (C=O) groups is 1. The molecule has 3 rings (SSSR count). The third kappa shape index (κ3) is 2.04. The summed E-state index contributed by atoms with van der Waals surface area (Å²) in [5, 5.41) is 19.3. The van der Waals surface area contributed by atoms with Crippen molar-refractivity contribution < 1.29 is 15.0 Å². The van der Waals surface area contributed by atoms with E-state index in [1.165, 1.54) is 0 Å². The number of nitrogens with zero attached hydrogens (tertiary/aromatic N) is 2. The molecule has 1 aliphatic rings. The largest absolute Gasteiger partial charge is 0.508 e. The third-order valence-corrected chi connectivity index (χ3v) is 3.86. The SMILES string of the molecule is O=C(O)C1CCCc2c(Cl)nc(-c3cccc(O)c3)n21. The first kappa shape index (κ1) is 13.0. The van der Waals surface area contributed by atoms with E-state index < -0.39 is 12.0 Å². The topological polar surface area (TPSA) is 75.3 Å². The van der Waals surface area contributed by atoms with Gasteiger partial charge in [-0.05, 0) is 31.4 Å². The number of carboxylic acid groups (broad SMARTS) is 1. The van der Waals surface area contributed by atoms with Gasteiger partial charge in [0.25, 0.3) is 0 Å². The standard InChI is InChI=1S/C14H13ClN2O3/c15-12-10-5-2-6-11(14(19)20)17(10)13(16-12)8-3-1-4-9(18)7-8/h1,3-4,7,11,18H,2,5-6H2,(H,19,20). The number of phenols is 1. The van der Waals surface area contributed by atoms with Gasteiger partial charge < -0.3 is 14.8 Å². The zero-order valence-corrected chi connectivity index (χ0v) is 11.3. The molecule has 0 saturated heterocycles. The van der Waals surface area contributed by atoms with Crippen LogP contribution in [0.1, 0.15) is 24.6 Å². The van der Waals surface area contributed by atoms with E-state index in [2.05, 4.69) is 4.98 Å². The van der Waals surface area contributed by atoms with Crippen LogP contribution in [0, 0.1) is 0 Å². The van der Waals surface area contributed by atoms with Gasteiger partial charge in [-0.1, -0.05) is 23.7 Å². The van der Waals surface area contributed by atoms with Crippen LogP contribution < -0.4 is 0 Å². The number of imidazole rings is 1. The second kappa shape index (κ2) is 4.83. The molecule has 0 fully saturated rings. The first-order valence-corrected chi connectivity index (χ1v) is 6.74. The highest BCUT2D eigenvalue weighted by molar-refractivity contribution is 6.30. The molecule has 2 N–H and O–H groups in total. The third-order valence-electron chi connectivity index (χ3n) is 3.55. The van der Waals surface area contributed by atoms with Gasteiger partial charge >= 0.3 is 5.97 Å². The minimum atomic E-state index is -0.888. The number of fused-ring (bicyclic) bond motifs is 1. The molecule has 0 amide bonds. The number of aliphatic carboxylic acids is 1. The molecule has 104 valence electrons. The van der Waals surface area contributed by atoms with Gasteiger partial charge in [0, 0.05) is 5.56 Å². The molecule has 2 heterocycles. The number of benzene rings is 1. The Morgan fingerprint density at radius 1 is 1.45 bits per heavy atom. The Hall–Kier alpha value is -2.01. The van der Waals surface area contributed by atoms with E-state index in [-0.39, 0.29) is 5.75 Å². The molecular weight excluding hydrogens is 280 g/mol. The lowest BCUT2D eigenvalue weighted by atomic mass is 10.0. The van der Waals surface area contributed by atoms with Crippen molar-refractivity contribution in [1.82, 2.24) is 9.55 Å². The summed E-state index contributed by atoms with van der Waals surface area (Å²) < 4.78 is 1.68. The van der Waals surface area contributed by atoms with Crippen molar-refractivity contribution in [2.75, 3.05) is 0 Å². The molecule has 6 heteroatoms. The number of aromatic hydroxyl groups is 1. The Morgan fingerprint density at radius 3 is 2.95 bits per heavy atom. The minimum absolute atomic E-state index is 0.110. The van der Waals surface area contributed by atoms with E-state index in [0.717, 1.165) is 12.1 Å². The van der Waals surface area contributed by atoms with Crippen LogP contribution in [0.3, 0.4) is 0 Å². The molecule has 2 aromatic rings. The average molecular weight is 293 g/mol. The van der Waals surface area contributed by atoms with Crippen LogP contribution in [0.15, 0.2) is 24.3 Å². The van der Waals surface area contributed by atoms with E-state index in [9.17, 15) is 15.0 Å². The molecule has 0 radical (unpaired) electrons. The van der Waals surface area contributed by atoms with Crippen LogP contribution >= 0.6 is 11.6 Å². The Bertz CT molecular complexity index is 681. The molecule has 5 nitrogen and oxygen atoms in total. The number of halogens is 1. The lowest BCUT2D eigenvalue weighted by Crippen LogP contribution is -2.25. The Balaban J connectivity index is 2.20. The highest BCUT2D eigenvalue weighted by Gasteiger charge is 2.31. The van der Waals surface area contributed by atoms with E-state index in [4.69, 9.17) is 11.6 Å². The van der Waals surface area contributed by atoms with Gasteiger partial charge in [0.15, 0.2) is 5.15 Å². The summed E-state index contributed by atoms with van der Waals surface area (Å²) in [4.78, 5) is 15.7. The van der Waals surface area contributed by atoms with Crippen LogP contribution in [0.4, 0.5) is 0 Å². The Morgan fingerprint density at radius 2 is 2.25 bits per heavy atom. The summed E-state index contributed by atoms with van der Waals surface area (Å²) in [5.41, 5.74) is 1.41. The van der Waals surface area contributed by atoms with Gasteiger partial charge in [0.05, 0.1) is 5.69 Å². The molecule has 1 aromatic carbocycles. The summed E-state index contributed by atoms with van der Waals surface area (Å²) >= 11 is 6.14. The van der Waals surface area contributed by atoms with Crippen molar-refractivity contribution in [3.63, 3.8) is 0 Å². The number of hydrogen-bond acceptors (Lipinski definition) is 3. The second-order valence-corrected chi connectivity index (χ2v) is 5.20. The van der Waals surface area contributed by atoms with Gasteiger partial charge in [0.1, 0.15) is 17.6 Å². The van der Waals surface area contributed by atoms with Gasteiger partial charge in [0.2, 0.25) is 0 Å². The Labute approximate surface area is 120 Å². The Kier molecular flexibility index (Phi) is 3.14. The van der Waals surface area contributed by atoms with Crippen LogP contribution in [0.2, 0.25) is 5.15 Å². The molecule has 1 aliphatic heterocycles. The van der Waals surface area contributed by atoms with Crippen molar-refractivity contribution in [1.29, 1.82) is 0 Å². The molecular formula is C14H13ClN2O3. The van der Waals surface area contributed by atoms with Crippen molar-refractivity contribution in [3.05, 3.63) is 35.1 Å². The summed E-state index contributed by atoms with van der Waals surface area (Å²) in [6, 6.07) is 5.92. The first-order valence-electron chi connectivity index (χ1n) is 6.36. The normalized spacial score (nSPS) is 17.8. The van der Waals surface area contributed by atoms with Crippen LogP contribution in [-0.2, 0) is 11.2 Å². The van der Waals surface area contributed by atoms with Crippen LogP contribution in [-0.4, -0.2) is 25.7 Å². The molecule has 1 aromatic heterocycles. The molecule has 1 unspecified atom stereocenters. The average Bonchev–Trinajstić information content (AvgIpc) is 2.76. The van der Waals surface area contributed by atoms with E-state index in [1.54, 1.807) is 28.8 Å². The summed E-state index contributed by atoms with van der Waals surface area (Å²) in [6.07, 6.45) is 2.05. The maximum Gasteiger partial charge on any atom is 0.326 e. The number of aromatic nitrogens is 2. The summed E-state index contributed by atoms with van der Waals surface area (Å²) in [7, 11) is 0. The zero-order valence-electron chi connectivity index (χ0n) is 10.6. The predicted octanol–water partition coefficient (Wildman–Crippen LogP) is 2.87. The van der Waals surface area contributed by atoms with Gasteiger partial charge in [-0.3, -0.25) is 0 Å². The molecule has 0 saturated carbocycles. The molecule has 20 heavy (non-hydrogen) atoms. The monoisotopic (exact) mass is 292 g/mol. The first-order chi connectivity index (χ1) is 9.58. The molecule has 1 atom stereocenters. The number of rotatable bonds is 2. The summed E-state index contributed by atoms with van der Waals surface area (Å²) in [6.45, 7) is 0. The van der Waals surface area contributed by atoms with Crippen molar-refractivity contribution in [3.8, 4) is 17.1 Å². The fraction of sp³-hybridized carbons (Fsp3) is 0.286. The van der Waals surface area contributed by atoms with Gasteiger partial charge in [-0.15, -0.1) is 0 Å². The lowest BCUT2D eigenvalue weighted by Gasteiger charge is -2.24. The van der Waals surface area contributed by atoms with E-state index in [1.807, 2.05) is 0 Å². The van der Waals surface area contributed by atoms with Crippen molar-refractivity contribution >= 4 is 17.6 Å². The number of carboxylic acids is 1. The fourth-order valence-corrected chi connectivity index (χ4v) is 2.94. The quantitative estimate of drug-likeness (QED) is 0.892. The summed E-state index contributed by atoms with van der Waals surface area (Å²) in [5.74, 6) is -0.284. The maximum atomic E-state index is 11.4. The maximum absolute atomic E-state index is 11.4. The molecule has 0 bridgehead atoms. The predicted molar refractivity (Wildman–Crippen MR) is 73.9 cm³/mol. The molecule has 0 aliphatic carbocycles. The zero-order chi connectivity index (χ0) is 14.3. The van der Waals surface area contributed by atoms with Crippen molar-refractivity contribution in [2.45, 2.75) is 25.3 Å². The van der Waals surface area contributed by atoms with E-state index in [0.29, 0.717) is 29.4 Å². The highest BCUT2D eigenvalue weighted by Crippen LogP contribution is 2.36. The number of phenolic OH excluding ortho intramolecular Hbond substituents is 1. The van der Waals surface area contributed by atoms with Crippen molar-refractivity contribution in [2.24, 2.45) is 0 Å². The van der Waals surface area contributed by atoms with Gasteiger partial charge in [-0.25, -0.2) is 9.78 Å². The minimum Gasteiger partial charge on any atom is -0.508 e. The van der Waals surface area contributed by atoms with Crippen LogP contribution in [0.25, 0.3) is 11.4 Å². The van der Waals surface area contributed by atoms with Crippen LogP contribution in [0.5, 0.6) is 5.75 Å². The second-order valence-electron chi connectivity index (χ2n) is 4.84. The lowest BCUT2D eigenvalue weighted by molar-refractivity contribution is -0.141. The number of hydrogen-bond donors (Lipinski definition) is 2. The fourth-order valence-electron chi connectivity index (χ4n) is 2.67. The smallest absolute Gasteiger partial charge is 0.326 e. The molecule has 0 spiro atoms. The van der Waals surface area contributed by atoms with Gasteiger partial charge in [-0.2, -0.15) is 0 Å². The van der Waals surface area contributed by atoms with E-state index >= 15 is 0 Å². The highest BCUT2D eigenvalue weighted by atomic mass is 35.5.